The molecule has 1 N–H and O–H groups in total. The average molecular weight is 262 g/mol. The number of nitrogens with zero attached hydrogens (tertiary/aromatic N) is 1. The number of fused-ring (bicyclic) bond motifs is 1. The molecule has 3 rings (SSSR count). The molecule has 2 unspecified atom stereocenters. The summed E-state index contributed by atoms with van der Waals surface area (Å²) in [6, 6.07) is 8.56. The molecule has 0 bridgehead atoms. The highest BCUT2D eigenvalue weighted by Gasteiger charge is 2.29. The van der Waals surface area contributed by atoms with Crippen LogP contribution in [-0.4, -0.2) is 50.3 Å². The fraction of sp³-hybridized carbons (Fsp3) is 0.600. The van der Waals surface area contributed by atoms with Crippen LogP contribution in [0, 0.1) is 0 Å². The van der Waals surface area contributed by atoms with Gasteiger partial charge in [-0.25, -0.2) is 0 Å². The molecule has 1 saturated heterocycles. The zero-order chi connectivity index (χ0) is 13.1. The van der Waals surface area contributed by atoms with E-state index in [0.29, 0.717) is 12.6 Å². The van der Waals surface area contributed by atoms with Crippen molar-refractivity contribution >= 4 is 0 Å². The molecule has 0 aliphatic carbocycles. The van der Waals surface area contributed by atoms with Crippen LogP contribution in [0.25, 0.3) is 0 Å². The monoisotopic (exact) mass is 262 g/mol. The Morgan fingerprint density at radius 1 is 1.32 bits per heavy atom. The van der Waals surface area contributed by atoms with Crippen molar-refractivity contribution in [2.75, 3.05) is 33.3 Å². The number of nitrogens with one attached hydrogen (secondary N) is 1. The molecule has 0 amide bonds. The zero-order valence-corrected chi connectivity index (χ0v) is 11.5. The maximum atomic E-state index is 6.03. The molecule has 19 heavy (non-hydrogen) atoms. The first-order chi connectivity index (χ1) is 9.36. The second-order valence-electron chi connectivity index (χ2n) is 5.35. The van der Waals surface area contributed by atoms with Crippen molar-refractivity contribution in [2.45, 2.75) is 25.0 Å². The summed E-state index contributed by atoms with van der Waals surface area (Å²) < 4.78 is 11.8. The molecule has 104 valence electrons. The normalized spacial score (nSPS) is 26.6. The van der Waals surface area contributed by atoms with Gasteiger partial charge in [-0.1, -0.05) is 12.1 Å². The maximum Gasteiger partial charge on any atom is 0.161 e. The number of rotatable bonds is 4. The molecule has 2 atom stereocenters. The van der Waals surface area contributed by atoms with Crippen LogP contribution < -0.4 is 14.8 Å². The molecule has 1 aromatic carbocycles. The lowest BCUT2D eigenvalue weighted by molar-refractivity contribution is 0.0553. The van der Waals surface area contributed by atoms with E-state index in [4.69, 9.17) is 9.47 Å². The van der Waals surface area contributed by atoms with Crippen molar-refractivity contribution in [2.24, 2.45) is 0 Å². The zero-order valence-electron chi connectivity index (χ0n) is 11.5. The number of benzene rings is 1. The van der Waals surface area contributed by atoms with E-state index in [0.717, 1.165) is 24.6 Å². The van der Waals surface area contributed by atoms with Crippen molar-refractivity contribution in [3.05, 3.63) is 24.3 Å². The molecule has 0 saturated carbocycles. The van der Waals surface area contributed by atoms with Crippen molar-refractivity contribution in [3.8, 4) is 11.5 Å². The fourth-order valence-electron chi connectivity index (χ4n) is 3.02. The third-order valence-electron chi connectivity index (χ3n) is 3.94. The van der Waals surface area contributed by atoms with Gasteiger partial charge in [0.15, 0.2) is 11.5 Å². The second-order valence-corrected chi connectivity index (χ2v) is 5.35. The summed E-state index contributed by atoms with van der Waals surface area (Å²) in [5.74, 6) is 1.75. The molecule has 4 heteroatoms. The predicted molar refractivity (Wildman–Crippen MR) is 74.9 cm³/mol. The summed E-state index contributed by atoms with van der Waals surface area (Å²) in [6.07, 6.45) is 2.72. The Morgan fingerprint density at radius 3 is 3.00 bits per heavy atom. The molecule has 2 aliphatic heterocycles. The van der Waals surface area contributed by atoms with Gasteiger partial charge >= 0.3 is 0 Å². The topological polar surface area (TPSA) is 33.7 Å². The summed E-state index contributed by atoms with van der Waals surface area (Å²) in [7, 11) is 2.02. The van der Waals surface area contributed by atoms with Gasteiger partial charge in [0.2, 0.25) is 0 Å². The van der Waals surface area contributed by atoms with Crippen LogP contribution >= 0.6 is 0 Å². The van der Waals surface area contributed by atoms with E-state index in [-0.39, 0.29) is 6.10 Å². The van der Waals surface area contributed by atoms with Gasteiger partial charge in [0.05, 0.1) is 0 Å². The first-order valence-corrected chi connectivity index (χ1v) is 7.14. The average Bonchev–Trinajstić information content (AvgIpc) is 2.86. The van der Waals surface area contributed by atoms with E-state index < -0.39 is 0 Å². The minimum absolute atomic E-state index is 0.146. The van der Waals surface area contributed by atoms with Crippen LogP contribution in [0.1, 0.15) is 12.8 Å². The first kappa shape index (κ1) is 12.8. The third-order valence-corrected chi connectivity index (χ3v) is 3.94. The van der Waals surface area contributed by atoms with Crippen LogP contribution in [0.2, 0.25) is 0 Å². The highest BCUT2D eigenvalue weighted by molar-refractivity contribution is 5.40. The summed E-state index contributed by atoms with van der Waals surface area (Å²) >= 11 is 0. The molecular formula is C15H22N2O2. The Bertz CT molecular complexity index is 424. The first-order valence-electron chi connectivity index (χ1n) is 7.14. The molecule has 4 nitrogen and oxygen atoms in total. The predicted octanol–water partition coefficient (Wildman–Crippen LogP) is 1.51. The smallest absolute Gasteiger partial charge is 0.161 e. The Labute approximate surface area is 114 Å². The van der Waals surface area contributed by atoms with E-state index in [1.807, 2.05) is 31.3 Å². The van der Waals surface area contributed by atoms with Crippen LogP contribution in [0.4, 0.5) is 0 Å². The van der Waals surface area contributed by atoms with E-state index >= 15 is 0 Å². The van der Waals surface area contributed by atoms with Crippen molar-refractivity contribution in [1.29, 1.82) is 0 Å². The quantitative estimate of drug-likeness (QED) is 0.892. The van der Waals surface area contributed by atoms with E-state index in [2.05, 4.69) is 10.2 Å². The molecular weight excluding hydrogens is 240 g/mol. The third kappa shape index (κ3) is 2.85. The Kier molecular flexibility index (Phi) is 3.89. The molecule has 0 radical (unpaired) electrons. The maximum absolute atomic E-state index is 6.03. The highest BCUT2D eigenvalue weighted by atomic mass is 16.6. The van der Waals surface area contributed by atoms with Crippen molar-refractivity contribution in [1.82, 2.24) is 10.2 Å². The van der Waals surface area contributed by atoms with Gasteiger partial charge < -0.3 is 14.8 Å². The molecule has 1 fully saturated rings. The minimum Gasteiger partial charge on any atom is -0.486 e. The van der Waals surface area contributed by atoms with E-state index in [1.54, 1.807) is 0 Å². The lowest BCUT2D eigenvalue weighted by Gasteiger charge is -2.32. The van der Waals surface area contributed by atoms with Crippen molar-refractivity contribution < 1.29 is 9.47 Å². The van der Waals surface area contributed by atoms with Gasteiger partial charge in [0.1, 0.15) is 12.7 Å². The van der Waals surface area contributed by atoms with Gasteiger partial charge in [-0.05, 0) is 38.6 Å². The molecule has 0 aromatic heterocycles. The summed E-state index contributed by atoms with van der Waals surface area (Å²) in [5, 5.41) is 3.28. The van der Waals surface area contributed by atoms with Gasteiger partial charge in [-0.2, -0.15) is 0 Å². The van der Waals surface area contributed by atoms with E-state index in [1.165, 1.54) is 19.4 Å². The lowest BCUT2D eigenvalue weighted by atomic mass is 10.2. The second kappa shape index (κ2) is 5.80. The van der Waals surface area contributed by atoms with Crippen LogP contribution in [0.5, 0.6) is 11.5 Å². The largest absolute Gasteiger partial charge is 0.486 e. The molecule has 2 aliphatic rings. The Hall–Kier alpha value is -1.26. The number of hydrogen-bond donors (Lipinski definition) is 1. The SMILES string of the molecule is CNCC1CCCN1CC1COc2ccccc2O1. The highest BCUT2D eigenvalue weighted by Crippen LogP contribution is 2.31. The number of likely N-dealkylation sites (tertiary alicyclic amines) is 1. The summed E-state index contributed by atoms with van der Waals surface area (Å²) in [4.78, 5) is 2.53. The van der Waals surface area contributed by atoms with Crippen LogP contribution in [0.3, 0.4) is 0 Å². The Morgan fingerprint density at radius 2 is 2.16 bits per heavy atom. The van der Waals surface area contributed by atoms with Gasteiger partial charge in [-0.15, -0.1) is 0 Å². The molecule has 0 spiro atoms. The number of para-hydroxylation sites is 2. The van der Waals surface area contributed by atoms with Gasteiger partial charge in [0, 0.05) is 19.1 Å². The summed E-state index contributed by atoms with van der Waals surface area (Å²) in [5.41, 5.74) is 0. The molecule has 2 heterocycles. The van der Waals surface area contributed by atoms with Gasteiger partial charge in [0.25, 0.3) is 0 Å². The standard InChI is InChI=1S/C15H22N2O2/c1-16-9-12-5-4-8-17(12)10-13-11-18-14-6-2-3-7-15(14)19-13/h2-3,6-7,12-13,16H,4-5,8-11H2,1H3. The summed E-state index contributed by atoms with van der Waals surface area (Å²) in [6.45, 7) is 3.85. The lowest BCUT2D eigenvalue weighted by Crippen LogP contribution is -2.45. The number of hydrogen-bond acceptors (Lipinski definition) is 4. The molecule has 1 aromatic rings. The van der Waals surface area contributed by atoms with Crippen LogP contribution in [0.15, 0.2) is 24.3 Å². The van der Waals surface area contributed by atoms with E-state index in [9.17, 15) is 0 Å². The fourth-order valence-corrected chi connectivity index (χ4v) is 3.02. The van der Waals surface area contributed by atoms with Crippen LogP contribution in [-0.2, 0) is 0 Å². The number of ether oxygens (including phenoxy) is 2. The minimum atomic E-state index is 0.146. The van der Waals surface area contributed by atoms with Gasteiger partial charge in [-0.3, -0.25) is 4.90 Å². The van der Waals surface area contributed by atoms with Crippen molar-refractivity contribution in [3.63, 3.8) is 0 Å². The number of likely N-dealkylation sites (N-methyl/N-ethyl adjacent to an activating group) is 1. The Balaban J connectivity index is 1.60.